The van der Waals surface area contributed by atoms with E-state index in [2.05, 4.69) is 13.8 Å². The molecule has 1 heteroatoms. The van der Waals surface area contributed by atoms with Crippen LogP contribution < -0.4 is 0 Å². The fraction of sp³-hybridized carbons (Fsp3) is 1.00. The van der Waals surface area contributed by atoms with Gasteiger partial charge in [-0.25, -0.2) is 0 Å². The van der Waals surface area contributed by atoms with Crippen molar-refractivity contribution >= 4 is 15.0 Å². The fourth-order valence-electron chi connectivity index (χ4n) is 1.69. The minimum absolute atomic E-state index is 0.970. The monoisotopic (exact) mass is 278 g/mol. The van der Waals surface area contributed by atoms with Crippen molar-refractivity contribution in [2.75, 3.05) is 0 Å². The molecule has 0 aliphatic heterocycles. The zero-order valence-electron chi connectivity index (χ0n) is 10.9. The molecule has 0 fully saturated rings. The third-order valence-electron chi connectivity index (χ3n) is 2.78. The molecule has 15 heavy (non-hydrogen) atoms. The second-order valence-corrected chi connectivity index (χ2v) is 7.01. The summed E-state index contributed by atoms with van der Waals surface area (Å²) < 4.78 is 0. The third-order valence-corrected chi connectivity index (χ3v) is 5.21. The van der Waals surface area contributed by atoms with E-state index in [1.54, 1.807) is 5.32 Å². The second kappa shape index (κ2) is 14.5. The normalized spacial score (nSPS) is 10.8. The van der Waals surface area contributed by atoms with Gasteiger partial charge >= 0.3 is 104 Å². The van der Waals surface area contributed by atoms with Gasteiger partial charge in [-0.1, -0.05) is 0 Å². The van der Waals surface area contributed by atoms with Crippen molar-refractivity contribution in [2.24, 2.45) is 0 Å². The van der Waals surface area contributed by atoms with E-state index >= 15 is 0 Å². The van der Waals surface area contributed by atoms with E-state index in [9.17, 15) is 0 Å². The van der Waals surface area contributed by atoms with Crippen LogP contribution in [0.3, 0.4) is 0 Å². The maximum absolute atomic E-state index is 2.30. The summed E-state index contributed by atoms with van der Waals surface area (Å²) in [6.07, 6.45) is 14.6. The average Bonchev–Trinajstić information content (AvgIpc) is 2.26. The molecule has 0 atom stereocenters. The van der Waals surface area contributed by atoms with Crippen molar-refractivity contribution in [1.29, 1.82) is 0 Å². The first-order chi connectivity index (χ1) is 7.41. The van der Waals surface area contributed by atoms with Crippen LogP contribution in [0.5, 0.6) is 0 Å². The molecular formula is C14H30Se. The fourth-order valence-corrected chi connectivity index (χ4v) is 4.01. The van der Waals surface area contributed by atoms with Gasteiger partial charge in [0.25, 0.3) is 0 Å². The van der Waals surface area contributed by atoms with Crippen LogP contribution >= 0.6 is 0 Å². The number of hydrogen-bond acceptors (Lipinski definition) is 0. The molecule has 0 rings (SSSR count). The van der Waals surface area contributed by atoms with Gasteiger partial charge < -0.3 is 0 Å². The van der Waals surface area contributed by atoms with Crippen LogP contribution in [0.1, 0.15) is 78.1 Å². The van der Waals surface area contributed by atoms with Gasteiger partial charge in [-0.3, -0.25) is 0 Å². The van der Waals surface area contributed by atoms with Gasteiger partial charge in [0.05, 0.1) is 0 Å². The molecule has 0 nitrogen and oxygen atoms in total. The SMILES string of the molecule is CCCCCCCCCC[Se]CCCC. The van der Waals surface area contributed by atoms with E-state index in [0.29, 0.717) is 0 Å². The zero-order valence-corrected chi connectivity index (χ0v) is 12.6. The minimum atomic E-state index is 0.970. The van der Waals surface area contributed by atoms with Gasteiger partial charge in [-0.15, -0.1) is 0 Å². The summed E-state index contributed by atoms with van der Waals surface area (Å²) in [4.78, 5) is 0. The Labute approximate surface area is 104 Å². The summed E-state index contributed by atoms with van der Waals surface area (Å²) in [6, 6.07) is 0. The summed E-state index contributed by atoms with van der Waals surface area (Å²) >= 11 is 0.970. The standard InChI is InChI=1S/C14H30Se/c1-3-5-7-8-9-10-11-12-14-15-13-6-4-2/h3-14H2,1-2H3. The Morgan fingerprint density at radius 2 is 1.00 bits per heavy atom. The molecule has 0 aromatic heterocycles. The Kier molecular flexibility index (Phi) is 15.0. The molecule has 0 unspecified atom stereocenters. The Morgan fingerprint density at radius 3 is 1.60 bits per heavy atom. The van der Waals surface area contributed by atoms with Crippen LogP contribution in [-0.4, -0.2) is 15.0 Å². The van der Waals surface area contributed by atoms with Crippen LogP contribution in [0.2, 0.25) is 10.6 Å². The van der Waals surface area contributed by atoms with Crippen LogP contribution in [0.25, 0.3) is 0 Å². The van der Waals surface area contributed by atoms with Crippen molar-refractivity contribution in [1.82, 2.24) is 0 Å². The number of rotatable bonds is 12. The van der Waals surface area contributed by atoms with Crippen molar-refractivity contribution < 1.29 is 0 Å². The molecule has 0 saturated carbocycles. The molecule has 0 aliphatic rings. The van der Waals surface area contributed by atoms with E-state index in [4.69, 9.17) is 0 Å². The predicted octanol–water partition coefficient (Wildman–Crippen LogP) is 5.47. The van der Waals surface area contributed by atoms with E-state index in [-0.39, 0.29) is 0 Å². The van der Waals surface area contributed by atoms with Crippen LogP contribution in [0, 0.1) is 0 Å². The third kappa shape index (κ3) is 14.5. The van der Waals surface area contributed by atoms with E-state index in [0.717, 1.165) is 15.0 Å². The van der Waals surface area contributed by atoms with Gasteiger partial charge in [0.15, 0.2) is 0 Å². The quantitative estimate of drug-likeness (QED) is 0.328. The predicted molar refractivity (Wildman–Crippen MR) is 72.9 cm³/mol. The van der Waals surface area contributed by atoms with E-state index in [1.807, 2.05) is 0 Å². The summed E-state index contributed by atoms with van der Waals surface area (Å²) in [5.41, 5.74) is 0. The average molecular weight is 277 g/mol. The van der Waals surface area contributed by atoms with Crippen LogP contribution in [0.15, 0.2) is 0 Å². The van der Waals surface area contributed by atoms with Crippen molar-refractivity contribution in [2.45, 2.75) is 88.7 Å². The Balaban J connectivity index is 2.81. The molecule has 0 radical (unpaired) electrons. The molecule has 0 aromatic carbocycles. The van der Waals surface area contributed by atoms with E-state index < -0.39 is 0 Å². The molecule has 0 saturated heterocycles. The number of hydrogen-bond donors (Lipinski definition) is 0. The molecule has 0 spiro atoms. The number of unbranched alkanes of at least 4 members (excludes halogenated alkanes) is 8. The molecule has 0 aromatic rings. The van der Waals surface area contributed by atoms with Crippen LogP contribution in [0.4, 0.5) is 0 Å². The Bertz CT molecular complexity index is 89.5. The Morgan fingerprint density at radius 1 is 0.533 bits per heavy atom. The second-order valence-electron chi connectivity index (χ2n) is 4.44. The molecule has 0 bridgehead atoms. The molecule has 92 valence electrons. The first-order valence-corrected chi connectivity index (χ1v) is 9.41. The van der Waals surface area contributed by atoms with Crippen molar-refractivity contribution in [3.63, 3.8) is 0 Å². The van der Waals surface area contributed by atoms with Gasteiger partial charge in [0.1, 0.15) is 0 Å². The van der Waals surface area contributed by atoms with Crippen LogP contribution in [-0.2, 0) is 0 Å². The molecular weight excluding hydrogens is 247 g/mol. The van der Waals surface area contributed by atoms with E-state index in [1.165, 1.54) is 69.5 Å². The topological polar surface area (TPSA) is 0 Å². The van der Waals surface area contributed by atoms with Gasteiger partial charge in [0.2, 0.25) is 0 Å². The molecule has 0 aliphatic carbocycles. The first kappa shape index (κ1) is 15.5. The summed E-state index contributed by atoms with van der Waals surface area (Å²) in [5.74, 6) is 0. The zero-order chi connectivity index (χ0) is 11.2. The van der Waals surface area contributed by atoms with Gasteiger partial charge in [-0.2, -0.15) is 0 Å². The van der Waals surface area contributed by atoms with Gasteiger partial charge in [0, 0.05) is 0 Å². The molecule has 0 N–H and O–H groups in total. The van der Waals surface area contributed by atoms with Crippen molar-refractivity contribution in [3.8, 4) is 0 Å². The Hall–Kier alpha value is 0.519. The first-order valence-electron chi connectivity index (χ1n) is 6.99. The summed E-state index contributed by atoms with van der Waals surface area (Å²) in [5, 5.41) is 3.07. The van der Waals surface area contributed by atoms with Gasteiger partial charge in [-0.05, 0) is 0 Å². The molecule has 0 amide bonds. The summed E-state index contributed by atoms with van der Waals surface area (Å²) in [7, 11) is 0. The summed E-state index contributed by atoms with van der Waals surface area (Å²) in [6.45, 7) is 4.59. The van der Waals surface area contributed by atoms with Crippen molar-refractivity contribution in [3.05, 3.63) is 0 Å². The molecule has 0 heterocycles. The maximum atomic E-state index is 2.30.